The number of anilines is 1. The van der Waals surface area contributed by atoms with E-state index in [9.17, 15) is 28.7 Å². The molecule has 12 heteroatoms. The SMILES string of the molecule is O=P(O)(O)C(Nc1ncnc2sc(-c3ccccc3)cc12)P(=O)(O)O. The monoisotopic (exact) mass is 401 g/mol. The first kappa shape index (κ1) is 18.2. The molecule has 0 spiro atoms. The van der Waals surface area contributed by atoms with Crippen LogP contribution in [0.4, 0.5) is 5.82 Å². The number of benzene rings is 1. The Kier molecular flexibility index (Phi) is 4.78. The first-order valence-corrected chi connectivity index (χ1v) is 11.0. The maximum atomic E-state index is 11.4. The van der Waals surface area contributed by atoms with Crippen molar-refractivity contribution in [3.05, 3.63) is 42.7 Å². The zero-order valence-electron chi connectivity index (χ0n) is 12.4. The molecule has 9 nitrogen and oxygen atoms in total. The molecule has 0 radical (unpaired) electrons. The Hall–Kier alpha value is -1.64. The smallest absolute Gasteiger partial charge is 0.346 e. The number of thiophene rings is 1. The molecule has 0 bridgehead atoms. The van der Waals surface area contributed by atoms with Crippen LogP contribution < -0.4 is 5.32 Å². The molecule has 2 heterocycles. The second kappa shape index (κ2) is 6.59. The van der Waals surface area contributed by atoms with Crippen molar-refractivity contribution in [3.63, 3.8) is 0 Å². The summed E-state index contributed by atoms with van der Waals surface area (Å²) in [6.07, 6.45) is 1.16. The molecule has 3 aromatic rings. The number of nitrogens with zero attached hydrogens (tertiary/aromatic N) is 2. The van der Waals surface area contributed by atoms with Crippen LogP contribution in [0.3, 0.4) is 0 Å². The molecule has 0 saturated carbocycles. The Labute approximate surface area is 145 Å². The average Bonchev–Trinajstić information content (AvgIpc) is 2.96. The molecule has 0 aliphatic carbocycles. The summed E-state index contributed by atoms with van der Waals surface area (Å²) >= 11 is 1.33. The Bertz CT molecular complexity index is 977. The molecular formula is C13H13N3O6P2S. The summed E-state index contributed by atoms with van der Waals surface area (Å²) in [6, 6.07) is 11.1. The number of hydrogen-bond acceptors (Lipinski definition) is 6. The highest BCUT2D eigenvalue weighted by atomic mass is 32.1. The minimum absolute atomic E-state index is 0.0555. The fraction of sp³-hybridized carbons (Fsp3) is 0.0769. The Morgan fingerprint density at radius 3 is 2.24 bits per heavy atom. The quantitative estimate of drug-likeness (QED) is 0.406. The molecule has 25 heavy (non-hydrogen) atoms. The third-order valence-electron chi connectivity index (χ3n) is 3.29. The largest absolute Gasteiger partial charge is 0.360 e. The van der Waals surface area contributed by atoms with Gasteiger partial charge in [0, 0.05) is 4.88 Å². The number of aromatic nitrogens is 2. The molecule has 0 aliphatic rings. The van der Waals surface area contributed by atoms with E-state index in [4.69, 9.17) is 0 Å². The van der Waals surface area contributed by atoms with Crippen LogP contribution >= 0.6 is 26.5 Å². The van der Waals surface area contributed by atoms with Gasteiger partial charge in [0.1, 0.15) is 17.0 Å². The van der Waals surface area contributed by atoms with E-state index in [0.29, 0.717) is 10.2 Å². The summed E-state index contributed by atoms with van der Waals surface area (Å²) in [7, 11) is -10.2. The molecule has 3 rings (SSSR count). The number of fused-ring (bicyclic) bond motifs is 1. The van der Waals surface area contributed by atoms with Crippen molar-refractivity contribution in [2.45, 2.75) is 5.52 Å². The Balaban J connectivity index is 2.07. The lowest BCUT2D eigenvalue weighted by atomic mass is 10.2. The van der Waals surface area contributed by atoms with Crippen molar-refractivity contribution in [3.8, 4) is 10.4 Å². The van der Waals surface area contributed by atoms with Gasteiger partial charge in [-0.2, -0.15) is 0 Å². The third kappa shape index (κ3) is 3.96. The molecule has 0 saturated heterocycles. The van der Waals surface area contributed by atoms with Crippen LogP contribution in [-0.2, 0) is 9.13 Å². The normalized spacial score (nSPS) is 12.7. The van der Waals surface area contributed by atoms with Crippen LogP contribution in [-0.4, -0.2) is 35.1 Å². The van der Waals surface area contributed by atoms with Gasteiger partial charge in [0.25, 0.3) is 0 Å². The number of nitrogens with one attached hydrogen (secondary N) is 1. The van der Waals surface area contributed by atoms with Crippen molar-refractivity contribution < 1.29 is 28.7 Å². The number of hydrogen-bond donors (Lipinski definition) is 5. The van der Waals surface area contributed by atoms with E-state index in [2.05, 4.69) is 15.3 Å². The minimum atomic E-state index is -5.12. The molecule has 0 amide bonds. The van der Waals surface area contributed by atoms with E-state index < -0.39 is 20.7 Å². The van der Waals surface area contributed by atoms with Gasteiger partial charge in [0.2, 0.25) is 5.52 Å². The molecular weight excluding hydrogens is 388 g/mol. The zero-order valence-corrected chi connectivity index (χ0v) is 15.0. The molecule has 0 unspecified atom stereocenters. The summed E-state index contributed by atoms with van der Waals surface area (Å²) in [4.78, 5) is 46.3. The van der Waals surface area contributed by atoms with Gasteiger partial charge in [0.05, 0.1) is 5.39 Å². The van der Waals surface area contributed by atoms with Gasteiger partial charge in [-0.25, -0.2) is 9.97 Å². The van der Waals surface area contributed by atoms with Gasteiger partial charge in [-0.1, -0.05) is 30.3 Å². The predicted molar refractivity (Wildman–Crippen MR) is 94.3 cm³/mol. The summed E-state index contributed by atoms with van der Waals surface area (Å²) in [5.41, 5.74) is -1.46. The van der Waals surface area contributed by atoms with E-state index >= 15 is 0 Å². The van der Waals surface area contributed by atoms with Gasteiger partial charge in [-0.15, -0.1) is 11.3 Å². The lowest BCUT2D eigenvalue weighted by Crippen LogP contribution is -2.20. The zero-order chi connectivity index (χ0) is 18.2. The summed E-state index contributed by atoms with van der Waals surface area (Å²) in [6.45, 7) is 0. The Morgan fingerprint density at radius 2 is 1.64 bits per heavy atom. The predicted octanol–water partition coefficient (Wildman–Crippen LogP) is 2.41. The summed E-state index contributed by atoms with van der Waals surface area (Å²) in [5.74, 6) is -0.0555. The van der Waals surface area contributed by atoms with Crippen LogP contribution in [0, 0.1) is 0 Å². The molecule has 0 atom stereocenters. The fourth-order valence-corrected chi connectivity index (χ4v) is 5.35. The van der Waals surface area contributed by atoms with Crippen LogP contribution in [0.5, 0.6) is 0 Å². The summed E-state index contributed by atoms with van der Waals surface area (Å²) in [5, 5.41) is 2.61. The van der Waals surface area contributed by atoms with Crippen molar-refractivity contribution in [2.75, 3.05) is 5.32 Å². The molecule has 1 aromatic carbocycles. The van der Waals surface area contributed by atoms with Crippen LogP contribution in [0.1, 0.15) is 0 Å². The van der Waals surface area contributed by atoms with Crippen molar-refractivity contribution in [1.29, 1.82) is 0 Å². The van der Waals surface area contributed by atoms with Gasteiger partial charge >= 0.3 is 15.2 Å². The highest BCUT2D eigenvalue weighted by molar-refractivity contribution is 7.71. The van der Waals surface area contributed by atoms with Crippen molar-refractivity contribution in [2.24, 2.45) is 0 Å². The lowest BCUT2D eigenvalue weighted by Gasteiger charge is -2.21. The van der Waals surface area contributed by atoms with Gasteiger partial charge in [0.15, 0.2) is 0 Å². The average molecular weight is 401 g/mol. The first-order valence-electron chi connectivity index (χ1n) is 6.83. The topological polar surface area (TPSA) is 153 Å². The van der Waals surface area contributed by atoms with Crippen LogP contribution in [0.15, 0.2) is 42.7 Å². The molecule has 0 aliphatic heterocycles. The highest BCUT2D eigenvalue weighted by Crippen LogP contribution is 2.59. The first-order chi connectivity index (χ1) is 11.7. The lowest BCUT2D eigenvalue weighted by molar-refractivity contribution is 0.343. The van der Waals surface area contributed by atoms with Crippen molar-refractivity contribution >= 4 is 42.6 Å². The van der Waals surface area contributed by atoms with E-state index in [0.717, 1.165) is 16.8 Å². The molecule has 0 fully saturated rings. The van der Waals surface area contributed by atoms with E-state index in [1.807, 2.05) is 30.3 Å². The van der Waals surface area contributed by atoms with E-state index in [-0.39, 0.29) is 5.82 Å². The van der Waals surface area contributed by atoms with Crippen LogP contribution in [0.2, 0.25) is 0 Å². The minimum Gasteiger partial charge on any atom is -0.346 e. The highest BCUT2D eigenvalue weighted by Gasteiger charge is 2.44. The summed E-state index contributed by atoms with van der Waals surface area (Å²) < 4.78 is 22.9. The molecule has 5 N–H and O–H groups in total. The molecule has 132 valence electrons. The maximum absolute atomic E-state index is 11.4. The van der Waals surface area contributed by atoms with E-state index in [1.54, 1.807) is 6.07 Å². The molecule has 2 aromatic heterocycles. The van der Waals surface area contributed by atoms with Gasteiger partial charge in [-0.3, -0.25) is 9.13 Å². The second-order valence-electron chi connectivity index (χ2n) is 5.11. The Morgan fingerprint density at radius 1 is 1.00 bits per heavy atom. The van der Waals surface area contributed by atoms with E-state index in [1.165, 1.54) is 11.3 Å². The van der Waals surface area contributed by atoms with Gasteiger partial charge < -0.3 is 24.9 Å². The fourth-order valence-electron chi connectivity index (χ4n) is 2.20. The number of rotatable bonds is 5. The van der Waals surface area contributed by atoms with Gasteiger partial charge in [-0.05, 0) is 11.6 Å². The maximum Gasteiger partial charge on any atom is 0.360 e. The third-order valence-corrected chi connectivity index (χ3v) is 7.72. The van der Waals surface area contributed by atoms with Crippen LogP contribution in [0.25, 0.3) is 20.7 Å². The standard InChI is InChI=1S/C13H13N3O6P2S/c17-23(18,19)13(24(20,21)22)16-11-9-6-10(8-4-2-1-3-5-8)25-12(9)15-7-14-11/h1-7,13H,(H,14,15,16)(H2,17,18,19)(H2,20,21,22). The second-order valence-corrected chi connectivity index (χ2v) is 9.94. The van der Waals surface area contributed by atoms with Crippen molar-refractivity contribution in [1.82, 2.24) is 9.97 Å².